The number of methoxy groups -OCH3 is 1. The molecular formula is C18H17ClN6O2. The molecule has 138 valence electrons. The van der Waals surface area contributed by atoms with Gasteiger partial charge in [-0.1, -0.05) is 11.6 Å². The molecule has 3 aromatic heterocycles. The summed E-state index contributed by atoms with van der Waals surface area (Å²) < 4.78 is 7.16. The predicted molar refractivity (Wildman–Crippen MR) is 100 cm³/mol. The van der Waals surface area contributed by atoms with E-state index in [1.54, 1.807) is 43.5 Å². The molecule has 0 radical (unpaired) electrons. The van der Waals surface area contributed by atoms with Gasteiger partial charge in [0.2, 0.25) is 0 Å². The molecule has 1 aliphatic carbocycles. The van der Waals surface area contributed by atoms with Crippen LogP contribution in [0.5, 0.6) is 5.75 Å². The first-order valence-corrected chi connectivity index (χ1v) is 8.80. The Morgan fingerprint density at radius 1 is 1.33 bits per heavy atom. The van der Waals surface area contributed by atoms with Crippen LogP contribution in [0.25, 0.3) is 11.4 Å². The molecule has 9 heteroatoms. The number of halogens is 1. The molecule has 0 bridgehead atoms. The molecule has 0 aromatic carbocycles. The zero-order valence-corrected chi connectivity index (χ0v) is 15.6. The van der Waals surface area contributed by atoms with Crippen molar-refractivity contribution in [1.82, 2.24) is 24.7 Å². The molecule has 0 saturated heterocycles. The van der Waals surface area contributed by atoms with E-state index in [0.717, 1.165) is 12.8 Å². The fourth-order valence-corrected chi connectivity index (χ4v) is 2.96. The van der Waals surface area contributed by atoms with Gasteiger partial charge in [-0.3, -0.25) is 9.48 Å². The minimum atomic E-state index is 0.0585. The molecule has 8 nitrogen and oxygen atoms in total. The number of nitrogens with zero attached hydrogens (tertiary/aromatic N) is 5. The zero-order valence-electron chi connectivity index (χ0n) is 14.8. The minimum absolute atomic E-state index is 0.0585. The third-order valence-corrected chi connectivity index (χ3v) is 4.49. The number of nitrogens with one attached hydrogen (secondary N) is 1. The molecule has 0 atom stereocenters. The lowest BCUT2D eigenvalue weighted by Crippen LogP contribution is -2.08. The van der Waals surface area contributed by atoms with Gasteiger partial charge >= 0.3 is 0 Å². The number of Topliss-reactive ketones (excluding diaryl/α,β-unsaturated/α-hetero) is 1. The first-order valence-electron chi connectivity index (χ1n) is 8.42. The number of anilines is 2. The van der Waals surface area contributed by atoms with Gasteiger partial charge in [-0.05, 0) is 25.0 Å². The maximum absolute atomic E-state index is 12.6. The number of aromatic nitrogens is 5. The number of ketones is 1. The van der Waals surface area contributed by atoms with E-state index in [1.165, 1.54) is 6.20 Å². The molecule has 1 N–H and O–H groups in total. The van der Waals surface area contributed by atoms with E-state index in [0.29, 0.717) is 34.2 Å². The molecule has 0 unspecified atom stereocenters. The molecule has 1 fully saturated rings. The van der Waals surface area contributed by atoms with Crippen molar-refractivity contribution in [2.45, 2.75) is 12.8 Å². The number of rotatable bonds is 6. The van der Waals surface area contributed by atoms with Crippen LogP contribution in [0.3, 0.4) is 0 Å². The number of carbonyl (C=O) groups excluding carboxylic acids is 1. The Labute approximate surface area is 160 Å². The van der Waals surface area contributed by atoms with E-state index in [2.05, 4.69) is 25.4 Å². The molecule has 1 saturated carbocycles. The largest absolute Gasteiger partial charge is 0.492 e. The number of ether oxygens (including phenoxy) is 1. The normalized spacial score (nSPS) is 13.4. The van der Waals surface area contributed by atoms with E-state index < -0.39 is 0 Å². The van der Waals surface area contributed by atoms with Gasteiger partial charge in [0.25, 0.3) is 0 Å². The predicted octanol–water partition coefficient (Wildman–Crippen LogP) is 3.27. The van der Waals surface area contributed by atoms with Crippen LogP contribution in [0.4, 0.5) is 11.5 Å². The van der Waals surface area contributed by atoms with Gasteiger partial charge in [0.1, 0.15) is 11.5 Å². The summed E-state index contributed by atoms with van der Waals surface area (Å²) in [5, 5.41) is 7.77. The quantitative estimate of drug-likeness (QED) is 0.514. The Hall–Kier alpha value is -3.00. The standard InChI is InChI=1S/C18H17ClN6O2/c1-25-9-22-17(24-25)11-5-6-20-18(16(11)27-2)23-13-7-14(19)21-8-12(13)15(26)10-3-4-10/h5-10H,3-4H2,1-2H3,(H,20,21,23). The van der Waals surface area contributed by atoms with E-state index >= 15 is 0 Å². The second-order valence-electron chi connectivity index (χ2n) is 6.30. The SMILES string of the molecule is COc1c(-c2ncn(C)n2)ccnc1Nc1cc(Cl)ncc1C(=O)C1CC1. The monoisotopic (exact) mass is 384 g/mol. The molecular weight excluding hydrogens is 368 g/mol. The lowest BCUT2D eigenvalue weighted by molar-refractivity contribution is 0.0968. The van der Waals surface area contributed by atoms with Crippen LogP contribution in [0.15, 0.2) is 30.9 Å². The minimum Gasteiger partial charge on any atom is -0.492 e. The van der Waals surface area contributed by atoms with Crippen LogP contribution < -0.4 is 10.1 Å². The number of pyridine rings is 2. The van der Waals surface area contributed by atoms with Crippen molar-refractivity contribution in [3.8, 4) is 17.1 Å². The molecule has 27 heavy (non-hydrogen) atoms. The fraction of sp³-hybridized carbons (Fsp3) is 0.278. The van der Waals surface area contributed by atoms with Crippen LogP contribution in [0.1, 0.15) is 23.2 Å². The Bertz CT molecular complexity index is 1010. The van der Waals surface area contributed by atoms with Crippen molar-refractivity contribution in [2.75, 3.05) is 12.4 Å². The topological polar surface area (TPSA) is 94.8 Å². The highest BCUT2D eigenvalue weighted by Gasteiger charge is 2.32. The molecule has 0 aliphatic heterocycles. The van der Waals surface area contributed by atoms with Crippen molar-refractivity contribution in [3.05, 3.63) is 41.6 Å². The Morgan fingerprint density at radius 3 is 2.81 bits per heavy atom. The Balaban J connectivity index is 1.75. The summed E-state index contributed by atoms with van der Waals surface area (Å²) in [6.45, 7) is 0. The summed E-state index contributed by atoms with van der Waals surface area (Å²) in [6.07, 6.45) is 6.55. The summed E-state index contributed by atoms with van der Waals surface area (Å²) in [7, 11) is 3.34. The highest BCUT2D eigenvalue weighted by atomic mass is 35.5. The van der Waals surface area contributed by atoms with Gasteiger partial charge in [-0.25, -0.2) is 15.0 Å². The van der Waals surface area contributed by atoms with Gasteiger partial charge in [-0.2, -0.15) is 5.10 Å². The molecule has 3 heterocycles. The van der Waals surface area contributed by atoms with Gasteiger partial charge < -0.3 is 10.1 Å². The van der Waals surface area contributed by atoms with E-state index in [-0.39, 0.29) is 16.9 Å². The smallest absolute Gasteiger partial charge is 0.185 e. The van der Waals surface area contributed by atoms with Crippen LogP contribution in [-0.4, -0.2) is 37.6 Å². The van der Waals surface area contributed by atoms with Crippen LogP contribution in [0, 0.1) is 5.92 Å². The van der Waals surface area contributed by atoms with Crippen molar-refractivity contribution in [3.63, 3.8) is 0 Å². The molecule has 0 amide bonds. The van der Waals surface area contributed by atoms with Crippen LogP contribution >= 0.6 is 11.6 Å². The molecule has 3 aromatic rings. The molecule has 0 spiro atoms. The van der Waals surface area contributed by atoms with Gasteiger partial charge in [0.15, 0.2) is 23.2 Å². The molecule has 4 rings (SSSR count). The summed E-state index contributed by atoms with van der Waals surface area (Å²) >= 11 is 6.05. The zero-order chi connectivity index (χ0) is 19.0. The van der Waals surface area contributed by atoms with Crippen molar-refractivity contribution in [2.24, 2.45) is 13.0 Å². The average molecular weight is 385 g/mol. The van der Waals surface area contributed by atoms with Crippen LogP contribution in [-0.2, 0) is 7.05 Å². The third-order valence-electron chi connectivity index (χ3n) is 4.29. The molecule has 1 aliphatic rings. The second-order valence-corrected chi connectivity index (χ2v) is 6.69. The van der Waals surface area contributed by atoms with Gasteiger partial charge in [0.05, 0.1) is 23.9 Å². The van der Waals surface area contributed by atoms with E-state index in [9.17, 15) is 4.79 Å². The highest BCUT2D eigenvalue weighted by Crippen LogP contribution is 2.38. The summed E-state index contributed by atoms with van der Waals surface area (Å²) in [5.74, 6) is 1.55. The summed E-state index contributed by atoms with van der Waals surface area (Å²) in [4.78, 5) is 25.3. The van der Waals surface area contributed by atoms with Gasteiger partial charge in [-0.15, -0.1) is 0 Å². The maximum atomic E-state index is 12.6. The van der Waals surface area contributed by atoms with Crippen molar-refractivity contribution in [1.29, 1.82) is 0 Å². The highest BCUT2D eigenvalue weighted by molar-refractivity contribution is 6.29. The summed E-state index contributed by atoms with van der Waals surface area (Å²) in [5.41, 5.74) is 1.72. The number of aryl methyl sites for hydroxylation is 1. The average Bonchev–Trinajstić information content (AvgIpc) is 3.42. The van der Waals surface area contributed by atoms with Crippen LogP contribution in [0.2, 0.25) is 5.15 Å². The number of hydrogen-bond acceptors (Lipinski definition) is 7. The van der Waals surface area contributed by atoms with Crippen molar-refractivity contribution >= 4 is 28.9 Å². The lowest BCUT2D eigenvalue weighted by Gasteiger charge is -2.15. The third kappa shape index (κ3) is 3.48. The number of carbonyl (C=O) groups is 1. The summed E-state index contributed by atoms with van der Waals surface area (Å²) in [6, 6.07) is 3.39. The van der Waals surface area contributed by atoms with Crippen molar-refractivity contribution < 1.29 is 9.53 Å². The first kappa shape index (κ1) is 17.4. The van der Waals surface area contributed by atoms with E-state index in [4.69, 9.17) is 16.3 Å². The lowest BCUT2D eigenvalue weighted by atomic mass is 10.1. The number of hydrogen-bond donors (Lipinski definition) is 1. The first-order chi connectivity index (χ1) is 13.1. The second kappa shape index (κ2) is 6.96. The van der Waals surface area contributed by atoms with E-state index in [1.807, 2.05) is 0 Å². The Morgan fingerprint density at radius 2 is 2.15 bits per heavy atom. The van der Waals surface area contributed by atoms with Gasteiger partial charge in [0, 0.05) is 25.4 Å². The fourth-order valence-electron chi connectivity index (χ4n) is 2.81. The maximum Gasteiger partial charge on any atom is 0.185 e. The Kier molecular flexibility index (Phi) is 4.49.